The van der Waals surface area contributed by atoms with Crippen LogP contribution in [0.25, 0.3) is 22.3 Å². The van der Waals surface area contributed by atoms with Gasteiger partial charge in [0.15, 0.2) is 6.10 Å². The maximum atomic E-state index is 13.5. The molecule has 0 aliphatic carbocycles. The van der Waals surface area contributed by atoms with Crippen LogP contribution < -0.4 is 5.56 Å². The van der Waals surface area contributed by atoms with Crippen molar-refractivity contribution in [2.24, 2.45) is 0 Å². The Balaban J connectivity index is 0.00000158. The molecule has 0 saturated heterocycles. The fraction of sp³-hybridized carbons (Fsp3) is 0.179. The molecule has 4 heterocycles. The van der Waals surface area contributed by atoms with Crippen LogP contribution in [0, 0.1) is 20.2 Å². The molecular weight excluding hydrogens is 520 g/mol. The minimum Gasteiger partial charge on any atom is -0.489 e. The molecule has 12 heteroatoms. The molecule has 0 radical (unpaired) electrons. The first-order valence-electron chi connectivity index (χ1n) is 12.3. The zero-order valence-corrected chi connectivity index (χ0v) is 21.4. The first-order valence-corrected chi connectivity index (χ1v) is 12.3. The summed E-state index contributed by atoms with van der Waals surface area (Å²) in [5.74, 6) is -0.911. The van der Waals surface area contributed by atoms with Gasteiger partial charge >= 0.3 is 5.97 Å². The van der Waals surface area contributed by atoms with Gasteiger partial charge in [-0.3, -0.25) is 25.0 Å². The number of rotatable bonds is 4. The molecule has 0 amide bonds. The summed E-state index contributed by atoms with van der Waals surface area (Å²) in [5.41, 5.74) is 1.34. The van der Waals surface area contributed by atoms with Gasteiger partial charge in [0.05, 0.1) is 44.2 Å². The first-order chi connectivity index (χ1) is 19.2. The molecule has 0 spiro atoms. The highest BCUT2D eigenvalue weighted by molar-refractivity contribution is 5.94. The van der Waals surface area contributed by atoms with Crippen LogP contribution in [-0.2, 0) is 22.6 Å². The monoisotopic (exact) mass is 542 g/mol. The summed E-state index contributed by atoms with van der Waals surface area (Å²) >= 11 is 0. The Labute approximate surface area is 226 Å². The van der Waals surface area contributed by atoms with Crippen molar-refractivity contribution in [3.8, 4) is 11.4 Å². The number of nitrogens with zero attached hydrogens (tertiary/aromatic N) is 4. The zero-order chi connectivity index (χ0) is 28.7. The highest BCUT2D eigenvalue weighted by Gasteiger charge is 2.36. The summed E-state index contributed by atoms with van der Waals surface area (Å²) in [5, 5.41) is 23.2. The van der Waals surface area contributed by atoms with Gasteiger partial charge in [0.2, 0.25) is 0 Å². The van der Waals surface area contributed by atoms with Gasteiger partial charge in [-0.15, -0.1) is 0 Å². The lowest BCUT2D eigenvalue weighted by Crippen LogP contribution is -2.31. The van der Waals surface area contributed by atoms with Crippen molar-refractivity contribution in [2.45, 2.75) is 33.1 Å². The molecule has 0 fully saturated rings. The van der Waals surface area contributed by atoms with Crippen molar-refractivity contribution in [3.63, 3.8) is 0 Å². The second-order valence-corrected chi connectivity index (χ2v) is 8.77. The molecular formula is C28H22N4O8. The molecule has 2 aromatic heterocycles. The van der Waals surface area contributed by atoms with Gasteiger partial charge in [0, 0.05) is 23.3 Å². The molecule has 4 aromatic rings. The Morgan fingerprint density at radius 2 is 1.77 bits per heavy atom. The Morgan fingerprint density at radius 3 is 2.50 bits per heavy atom. The summed E-state index contributed by atoms with van der Waals surface area (Å²) in [7, 11) is 0. The minimum atomic E-state index is -1.20. The third-order valence-electron chi connectivity index (χ3n) is 6.64. The van der Waals surface area contributed by atoms with E-state index in [-0.39, 0.29) is 35.7 Å². The molecule has 2 aliphatic rings. The van der Waals surface area contributed by atoms with E-state index in [0.29, 0.717) is 33.4 Å². The van der Waals surface area contributed by atoms with E-state index in [1.54, 1.807) is 18.2 Å². The van der Waals surface area contributed by atoms with Gasteiger partial charge in [-0.25, -0.2) is 9.78 Å². The van der Waals surface area contributed by atoms with Crippen LogP contribution in [0.2, 0.25) is 0 Å². The van der Waals surface area contributed by atoms with Gasteiger partial charge in [0.1, 0.15) is 17.9 Å². The summed E-state index contributed by atoms with van der Waals surface area (Å²) < 4.78 is 12.6. The summed E-state index contributed by atoms with van der Waals surface area (Å²) in [4.78, 5) is 52.8. The van der Waals surface area contributed by atoms with E-state index in [9.17, 15) is 29.8 Å². The number of nitro benzene ring substituents is 2. The molecule has 2 aromatic carbocycles. The van der Waals surface area contributed by atoms with Crippen molar-refractivity contribution >= 4 is 28.2 Å². The second-order valence-electron chi connectivity index (χ2n) is 8.77. The van der Waals surface area contributed by atoms with E-state index >= 15 is 0 Å². The molecule has 1 atom stereocenters. The highest BCUT2D eigenvalue weighted by Crippen LogP contribution is 2.40. The minimum absolute atomic E-state index is 0.0640. The number of aromatic nitrogens is 2. The number of nitro groups is 2. The number of carbonyl (C=O) groups excluding carboxylic acids is 1. The quantitative estimate of drug-likeness (QED) is 0.169. The maximum Gasteiger partial charge on any atom is 0.346 e. The fourth-order valence-corrected chi connectivity index (χ4v) is 4.85. The lowest BCUT2D eigenvalue weighted by Gasteiger charge is -2.28. The van der Waals surface area contributed by atoms with Gasteiger partial charge < -0.3 is 14.0 Å². The van der Waals surface area contributed by atoms with Gasteiger partial charge in [0.25, 0.3) is 16.9 Å². The average molecular weight is 543 g/mol. The number of hydrogen-bond donors (Lipinski definition) is 0. The molecule has 2 aliphatic heterocycles. The summed E-state index contributed by atoms with van der Waals surface area (Å²) in [6, 6.07) is 13.3. The third-order valence-corrected chi connectivity index (χ3v) is 6.64. The van der Waals surface area contributed by atoms with Gasteiger partial charge in [-0.05, 0) is 24.3 Å². The molecule has 0 saturated carbocycles. The molecule has 0 bridgehead atoms. The Kier molecular flexibility index (Phi) is 6.59. The maximum absolute atomic E-state index is 13.5. The van der Waals surface area contributed by atoms with Crippen molar-refractivity contribution in [2.75, 3.05) is 0 Å². The number of esters is 1. The lowest BCUT2D eigenvalue weighted by atomic mass is 9.98. The smallest absolute Gasteiger partial charge is 0.346 e. The van der Waals surface area contributed by atoms with E-state index in [1.807, 2.05) is 13.8 Å². The van der Waals surface area contributed by atoms with Crippen LogP contribution in [0.1, 0.15) is 47.0 Å². The molecule has 40 heavy (non-hydrogen) atoms. The van der Waals surface area contributed by atoms with Crippen LogP contribution in [0.4, 0.5) is 11.4 Å². The van der Waals surface area contributed by atoms with Gasteiger partial charge in [-0.1, -0.05) is 38.6 Å². The molecule has 0 N–H and O–H groups in total. The number of non-ortho nitro benzene ring substituents is 1. The highest BCUT2D eigenvalue weighted by atomic mass is 16.6. The van der Waals surface area contributed by atoms with E-state index in [2.05, 4.69) is 11.6 Å². The zero-order valence-electron chi connectivity index (χ0n) is 21.4. The van der Waals surface area contributed by atoms with E-state index < -0.39 is 33.2 Å². The second kappa shape index (κ2) is 10.1. The van der Waals surface area contributed by atoms with Crippen molar-refractivity contribution in [1.29, 1.82) is 0 Å². The normalized spacial score (nSPS) is 14.7. The van der Waals surface area contributed by atoms with Crippen LogP contribution in [-0.4, -0.2) is 25.4 Å². The Bertz CT molecular complexity index is 1810. The molecule has 202 valence electrons. The SMILES string of the molecule is C=C1OCc2c(cc3n(c2=O)Cc2cc4c([N+](=O)[O-])cccc4nc2-3)C1OC(=O)c1ccccc1[N+](=O)[O-].CC. The topological polar surface area (TPSA) is 157 Å². The number of fused-ring (bicyclic) bond motifs is 5. The molecule has 6 rings (SSSR count). The largest absolute Gasteiger partial charge is 0.489 e. The number of pyridine rings is 2. The molecule has 12 nitrogen and oxygen atoms in total. The van der Waals surface area contributed by atoms with Gasteiger partial charge in [-0.2, -0.15) is 0 Å². The van der Waals surface area contributed by atoms with Crippen molar-refractivity contribution in [1.82, 2.24) is 9.55 Å². The van der Waals surface area contributed by atoms with Crippen molar-refractivity contribution < 1.29 is 24.1 Å². The molecule has 1 unspecified atom stereocenters. The lowest BCUT2D eigenvalue weighted by molar-refractivity contribution is -0.385. The first kappa shape index (κ1) is 26.2. The van der Waals surface area contributed by atoms with Crippen LogP contribution >= 0.6 is 0 Å². The number of ether oxygens (including phenoxy) is 2. The summed E-state index contributed by atoms with van der Waals surface area (Å²) in [6.45, 7) is 7.85. The predicted molar refractivity (Wildman–Crippen MR) is 144 cm³/mol. The van der Waals surface area contributed by atoms with E-state index in [4.69, 9.17) is 9.47 Å². The number of carbonyl (C=O) groups is 1. The number of para-hydroxylation sites is 1. The number of hydrogen-bond acceptors (Lipinski definition) is 9. The third kappa shape index (κ3) is 4.15. The van der Waals surface area contributed by atoms with E-state index in [1.165, 1.54) is 41.0 Å². The fourth-order valence-electron chi connectivity index (χ4n) is 4.85. The predicted octanol–water partition coefficient (Wildman–Crippen LogP) is 5.21. The summed E-state index contributed by atoms with van der Waals surface area (Å²) in [6.07, 6.45) is -1.20. The van der Waals surface area contributed by atoms with E-state index in [0.717, 1.165) is 0 Å². The Hall–Kier alpha value is -5.39. The van der Waals surface area contributed by atoms with Crippen LogP contribution in [0.5, 0.6) is 0 Å². The number of benzene rings is 2. The van der Waals surface area contributed by atoms with Crippen LogP contribution in [0.15, 0.2) is 71.7 Å². The van der Waals surface area contributed by atoms with Crippen molar-refractivity contribution in [3.05, 3.63) is 120 Å². The van der Waals surface area contributed by atoms with Crippen LogP contribution in [0.3, 0.4) is 0 Å². The Morgan fingerprint density at radius 1 is 1.07 bits per heavy atom. The average Bonchev–Trinajstić information content (AvgIpc) is 3.31. The standard InChI is InChI=1S/C26H16N4O8.C2H6/c1-13-24(38-26(32)15-5-2-3-7-20(15)29(33)34)16-10-22-23-14(11-28(22)25(31)18(16)12-37-13)9-17-19(27-23)6-4-8-21(17)30(35)36;1-2/h2-10,24H,1,11-12H2;1-2H3.